The number of carbonyl (C=O) groups is 1. The van der Waals surface area contributed by atoms with E-state index < -0.39 is 0 Å². The lowest BCUT2D eigenvalue weighted by molar-refractivity contribution is -0.110. The number of rotatable bonds is 2. The lowest BCUT2D eigenvalue weighted by Gasteiger charge is -2.15. The Labute approximate surface area is 87.3 Å². The number of carbonyl (C=O) groups excluding carboxylic acids is 1. The largest absolute Gasteiger partial charge is 0.367 e. The van der Waals surface area contributed by atoms with Gasteiger partial charge in [-0.3, -0.25) is 0 Å². The summed E-state index contributed by atoms with van der Waals surface area (Å²) in [5, 5.41) is 1.67. The summed E-state index contributed by atoms with van der Waals surface area (Å²) < 4.78 is 5.24. The number of morpholine rings is 1. The van der Waals surface area contributed by atoms with E-state index in [1.165, 1.54) is 0 Å². The van der Waals surface area contributed by atoms with Crippen LogP contribution in [0, 0.1) is 0 Å². The molecular weight excluding hydrogens is 194 g/mol. The van der Waals surface area contributed by atoms with Crippen LogP contribution >= 0.6 is 0 Å². The molecule has 0 N–H and O–H groups in total. The van der Waals surface area contributed by atoms with Crippen LogP contribution < -0.4 is 0 Å². The van der Waals surface area contributed by atoms with Gasteiger partial charge in [0, 0.05) is 0 Å². The molecule has 4 heteroatoms. The number of fused-ring (bicyclic) bond motifs is 1. The Morgan fingerprint density at radius 3 is 2.60 bits per heavy atom. The molecule has 4 nitrogen and oxygen atoms in total. The zero-order valence-corrected chi connectivity index (χ0v) is 8.13. The molecule has 2 atom stereocenters. The van der Waals surface area contributed by atoms with E-state index >= 15 is 0 Å². The molecule has 3 rings (SSSR count). The van der Waals surface area contributed by atoms with Crippen molar-refractivity contribution >= 4 is 5.97 Å². The van der Waals surface area contributed by atoms with E-state index in [-0.39, 0.29) is 18.2 Å². The maximum absolute atomic E-state index is 11.6. The van der Waals surface area contributed by atoms with E-state index in [9.17, 15) is 4.79 Å². The van der Waals surface area contributed by atoms with E-state index in [0.717, 1.165) is 0 Å². The van der Waals surface area contributed by atoms with Crippen molar-refractivity contribution in [1.29, 1.82) is 0 Å². The Bertz CT molecular complexity index is 369. The van der Waals surface area contributed by atoms with Crippen LogP contribution in [0.25, 0.3) is 0 Å². The summed E-state index contributed by atoms with van der Waals surface area (Å²) in [7, 11) is 0. The molecule has 0 aromatic heterocycles. The van der Waals surface area contributed by atoms with Crippen molar-refractivity contribution in [2.75, 3.05) is 13.1 Å². The van der Waals surface area contributed by atoms with Gasteiger partial charge >= 0.3 is 5.97 Å². The van der Waals surface area contributed by atoms with Gasteiger partial charge in [-0.05, 0) is 12.1 Å². The van der Waals surface area contributed by atoms with E-state index in [0.29, 0.717) is 18.7 Å². The maximum atomic E-state index is 11.6. The second-order valence-corrected chi connectivity index (χ2v) is 3.80. The number of ether oxygens (including phenoxy) is 1. The fraction of sp³-hybridized carbons (Fsp3) is 0.364. The van der Waals surface area contributed by atoms with Crippen LogP contribution in [0.15, 0.2) is 30.3 Å². The number of hydrogen-bond acceptors (Lipinski definition) is 4. The Hall–Kier alpha value is -1.39. The summed E-state index contributed by atoms with van der Waals surface area (Å²) in [6.45, 7) is 1.40. The van der Waals surface area contributed by atoms with Gasteiger partial charge in [0.1, 0.15) is 12.2 Å². The normalized spacial score (nSPS) is 28.5. The Morgan fingerprint density at radius 2 is 1.93 bits per heavy atom. The number of epoxide rings is 1. The third kappa shape index (κ3) is 1.73. The van der Waals surface area contributed by atoms with E-state index in [4.69, 9.17) is 9.57 Å². The first-order chi connectivity index (χ1) is 7.33. The molecule has 0 saturated carbocycles. The standard InChI is InChI=1S/C11H11NO3/c13-11(8-4-2-1-3-5-8)15-12-6-9-10(7-12)14-9/h1-5,9-10H,6-7H2. The van der Waals surface area contributed by atoms with Crippen LogP contribution in [-0.2, 0) is 9.57 Å². The number of hydroxylamine groups is 2. The van der Waals surface area contributed by atoms with Crippen molar-refractivity contribution in [3.8, 4) is 0 Å². The quantitative estimate of drug-likeness (QED) is 0.671. The van der Waals surface area contributed by atoms with Crippen molar-refractivity contribution < 1.29 is 14.4 Å². The van der Waals surface area contributed by atoms with Gasteiger partial charge in [0.05, 0.1) is 18.7 Å². The van der Waals surface area contributed by atoms with Gasteiger partial charge < -0.3 is 9.57 Å². The topological polar surface area (TPSA) is 42.1 Å². The SMILES string of the molecule is O=C(ON1CC2OC2C1)c1ccccc1. The molecular formula is C11H11NO3. The van der Waals surface area contributed by atoms with Crippen molar-refractivity contribution in [2.45, 2.75) is 12.2 Å². The first kappa shape index (κ1) is 8.88. The Morgan fingerprint density at radius 1 is 1.27 bits per heavy atom. The molecule has 2 saturated heterocycles. The van der Waals surface area contributed by atoms with Gasteiger partial charge in [-0.1, -0.05) is 18.2 Å². The molecule has 2 unspecified atom stereocenters. The first-order valence-corrected chi connectivity index (χ1v) is 5.01. The fourth-order valence-corrected chi connectivity index (χ4v) is 1.80. The second kappa shape index (κ2) is 3.32. The van der Waals surface area contributed by atoms with E-state index in [1.54, 1.807) is 17.2 Å². The summed E-state index contributed by atoms with van der Waals surface area (Å²) in [6.07, 6.45) is 0.571. The molecule has 0 aliphatic carbocycles. The Balaban J connectivity index is 1.61. The predicted octanol–water partition coefficient (Wildman–Crippen LogP) is 0.841. The predicted molar refractivity (Wildman–Crippen MR) is 52.1 cm³/mol. The van der Waals surface area contributed by atoms with E-state index in [2.05, 4.69) is 0 Å². The van der Waals surface area contributed by atoms with Crippen LogP contribution in [-0.4, -0.2) is 36.3 Å². The molecule has 2 aliphatic rings. The summed E-state index contributed by atoms with van der Waals surface area (Å²) in [4.78, 5) is 16.8. The molecule has 2 fully saturated rings. The molecule has 1 aromatic carbocycles. The number of benzene rings is 1. The summed E-state index contributed by atoms with van der Waals surface area (Å²) in [6, 6.07) is 9.00. The monoisotopic (exact) mass is 205 g/mol. The lowest BCUT2D eigenvalue weighted by atomic mass is 10.2. The van der Waals surface area contributed by atoms with Gasteiger partial charge in [0.25, 0.3) is 0 Å². The molecule has 15 heavy (non-hydrogen) atoms. The third-order valence-electron chi connectivity index (χ3n) is 2.68. The maximum Gasteiger partial charge on any atom is 0.357 e. The van der Waals surface area contributed by atoms with Crippen LogP contribution in [0.3, 0.4) is 0 Å². The molecule has 78 valence electrons. The van der Waals surface area contributed by atoms with Crippen LogP contribution in [0.4, 0.5) is 0 Å². The van der Waals surface area contributed by atoms with Gasteiger partial charge in [-0.15, -0.1) is 5.06 Å². The van der Waals surface area contributed by atoms with Crippen molar-refractivity contribution in [2.24, 2.45) is 0 Å². The van der Waals surface area contributed by atoms with Gasteiger partial charge in [0.2, 0.25) is 0 Å². The molecule has 2 aliphatic heterocycles. The highest BCUT2D eigenvalue weighted by atomic mass is 16.7. The minimum atomic E-state index is -0.295. The highest BCUT2D eigenvalue weighted by Crippen LogP contribution is 2.30. The van der Waals surface area contributed by atoms with Crippen LogP contribution in [0.1, 0.15) is 10.4 Å². The van der Waals surface area contributed by atoms with Crippen molar-refractivity contribution in [1.82, 2.24) is 5.06 Å². The summed E-state index contributed by atoms with van der Waals surface area (Å²) >= 11 is 0. The average Bonchev–Trinajstić information content (AvgIpc) is 2.88. The highest BCUT2D eigenvalue weighted by Gasteiger charge is 2.48. The average molecular weight is 205 g/mol. The fourth-order valence-electron chi connectivity index (χ4n) is 1.80. The van der Waals surface area contributed by atoms with Gasteiger partial charge in [-0.25, -0.2) is 4.79 Å². The number of nitrogens with zero attached hydrogens (tertiary/aromatic N) is 1. The zero-order valence-electron chi connectivity index (χ0n) is 8.13. The van der Waals surface area contributed by atoms with Crippen molar-refractivity contribution in [3.63, 3.8) is 0 Å². The molecule has 0 amide bonds. The minimum absolute atomic E-state index is 0.286. The van der Waals surface area contributed by atoms with Crippen LogP contribution in [0.5, 0.6) is 0 Å². The molecule has 2 heterocycles. The highest BCUT2D eigenvalue weighted by molar-refractivity contribution is 5.89. The minimum Gasteiger partial charge on any atom is -0.367 e. The zero-order chi connectivity index (χ0) is 10.3. The van der Waals surface area contributed by atoms with Gasteiger partial charge in [-0.2, -0.15) is 0 Å². The smallest absolute Gasteiger partial charge is 0.357 e. The molecule has 1 aromatic rings. The molecule has 0 radical (unpaired) electrons. The molecule has 0 bridgehead atoms. The summed E-state index contributed by atoms with van der Waals surface area (Å²) in [5.41, 5.74) is 0.582. The lowest BCUT2D eigenvalue weighted by Crippen LogP contribution is -2.28. The third-order valence-corrected chi connectivity index (χ3v) is 2.68. The Kier molecular flexibility index (Phi) is 1.97. The second-order valence-electron chi connectivity index (χ2n) is 3.80. The first-order valence-electron chi connectivity index (χ1n) is 5.01. The summed E-state index contributed by atoms with van der Waals surface area (Å²) in [5.74, 6) is -0.295. The van der Waals surface area contributed by atoms with Gasteiger partial charge in [0.15, 0.2) is 0 Å². The van der Waals surface area contributed by atoms with Crippen molar-refractivity contribution in [3.05, 3.63) is 35.9 Å². The van der Waals surface area contributed by atoms with Crippen LogP contribution in [0.2, 0.25) is 0 Å². The van der Waals surface area contributed by atoms with E-state index in [1.807, 2.05) is 18.2 Å². The molecule has 0 spiro atoms. The number of hydrogen-bond donors (Lipinski definition) is 0.